The van der Waals surface area contributed by atoms with Crippen molar-refractivity contribution in [3.8, 4) is 0 Å². The Morgan fingerprint density at radius 1 is 1.38 bits per heavy atom. The molecule has 2 rings (SSSR count). The van der Waals surface area contributed by atoms with Gasteiger partial charge in [0.05, 0.1) is 18.4 Å². The van der Waals surface area contributed by atoms with E-state index in [2.05, 4.69) is 10.1 Å². The van der Waals surface area contributed by atoms with E-state index < -0.39 is 28.0 Å². The minimum Gasteiger partial charge on any atom is -0.480 e. The fourth-order valence-electron chi connectivity index (χ4n) is 2.39. The summed E-state index contributed by atoms with van der Waals surface area (Å²) in [7, 11) is -2.44. The first-order valence-electron chi connectivity index (χ1n) is 7.36. The summed E-state index contributed by atoms with van der Waals surface area (Å²) in [6, 6.07) is 3.88. The lowest BCUT2D eigenvalue weighted by Gasteiger charge is -2.29. The maximum atomic E-state index is 13.0. The largest absolute Gasteiger partial charge is 0.480 e. The summed E-state index contributed by atoms with van der Waals surface area (Å²) in [5, 5.41) is 13.4. The van der Waals surface area contributed by atoms with Crippen LogP contribution in [0.3, 0.4) is 0 Å². The number of hydrogen-bond acceptors (Lipinski definition) is 5. The maximum absolute atomic E-state index is 13.0. The van der Waals surface area contributed by atoms with Gasteiger partial charge in [0.2, 0.25) is 10.0 Å². The van der Waals surface area contributed by atoms with Gasteiger partial charge < -0.3 is 5.11 Å². The third-order valence-corrected chi connectivity index (χ3v) is 5.31. The van der Waals surface area contributed by atoms with Crippen molar-refractivity contribution in [3.63, 3.8) is 0 Å². The summed E-state index contributed by atoms with van der Waals surface area (Å²) in [5.41, 5.74) is 0.469. The van der Waals surface area contributed by atoms with Gasteiger partial charge >= 0.3 is 5.97 Å². The number of nitrogens with zero attached hydrogens (tertiary/aromatic N) is 4. The Morgan fingerprint density at radius 2 is 2.08 bits per heavy atom. The van der Waals surface area contributed by atoms with E-state index in [-0.39, 0.29) is 11.4 Å². The highest BCUT2D eigenvalue weighted by Gasteiger charge is 2.38. The number of aromatic nitrogens is 3. The SMILES string of the molecule is CC(C)C(C(=O)O)N(Cc1ccccn1)S(=O)(=O)c1cnn(C)c1. The van der Waals surface area contributed by atoms with Crippen LogP contribution in [0.1, 0.15) is 19.5 Å². The first-order valence-corrected chi connectivity index (χ1v) is 8.80. The van der Waals surface area contributed by atoms with Crippen LogP contribution in [-0.4, -0.2) is 44.6 Å². The monoisotopic (exact) mass is 352 g/mol. The number of carboxylic acids is 1. The van der Waals surface area contributed by atoms with Crippen LogP contribution in [-0.2, 0) is 28.4 Å². The van der Waals surface area contributed by atoms with Crippen molar-refractivity contribution in [3.05, 3.63) is 42.5 Å². The van der Waals surface area contributed by atoms with Crippen LogP contribution in [0, 0.1) is 5.92 Å². The molecule has 2 heterocycles. The second-order valence-electron chi connectivity index (χ2n) is 5.75. The summed E-state index contributed by atoms with van der Waals surface area (Å²) < 4.78 is 28.3. The Hall–Kier alpha value is -2.26. The van der Waals surface area contributed by atoms with E-state index in [0.717, 1.165) is 4.31 Å². The molecule has 0 spiro atoms. The number of aryl methyl sites for hydroxylation is 1. The molecule has 0 aromatic carbocycles. The van der Waals surface area contributed by atoms with E-state index in [1.165, 1.54) is 23.3 Å². The topological polar surface area (TPSA) is 105 Å². The minimum absolute atomic E-state index is 0.0483. The predicted molar refractivity (Wildman–Crippen MR) is 86.4 cm³/mol. The third-order valence-electron chi connectivity index (χ3n) is 3.53. The fraction of sp³-hybridized carbons (Fsp3) is 0.400. The third kappa shape index (κ3) is 3.80. The molecule has 0 saturated heterocycles. The summed E-state index contributed by atoms with van der Waals surface area (Å²) >= 11 is 0. The van der Waals surface area contributed by atoms with Crippen molar-refractivity contribution in [2.45, 2.75) is 31.3 Å². The molecule has 1 N–H and O–H groups in total. The highest BCUT2D eigenvalue weighted by Crippen LogP contribution is 2.24. The molecular weight excluding hydrogens is 332 g/mol. The van der Waals surface area contributed by atoms with Crippen LogP contribution in [0.4, 0.5) is 0 Å². The second kappa shape index (κ2) is 7.10. The predicted octanol–water partition coefficient (Wildman–Crippen LogP) is 1.12. The van der Waals surface area contributed by atoms with Gasteiger partial charge in [-0.3, -0.25) is 14.5 Å². The number of pyridine rings is 1. The normalized spacial score (nSPS) is 13.4. The molecule has 9 heteroatoms. The first-order chi connectivity index (χ1) is 11.2. The van der Waals surface area contributed by atoms with Crippen molar-refractivity contribution in [1.29, 1.82) is 0 Å². The number of carbonyl (C=O) groups is 1. The van der Waals surface area contributed by atoms with E-state index in [4.69, 9.17) is 0 Å². The smallest absolute Gasteiger partial charge is 0.322 e. The van der Waals surface area contributed by atoms with Crippen LogP contribution in [0.2, 0.25) is 0 Å². The Balaban J connectivity index is 2.51. The van der Waals surface area contributed by atoms with E-state index in [1.54, 1.807) is 39.1 Å². The molecule has 0 aliphatic carbocycles. The van der Waals surface area contributed by atoms with Gasteiger partial charge in [-0.2, -0.15) is 9.40 Å². The second-order valence-corrected chi connectivity index (χ2v) is 7.64. The number of hydrogen-bond donors (Lipinski definition) is 1. The lowest BCUT2D eigenvalue weighted by molar-refractivity contribution is -0.143. The molecule has 2 aromatic rings. The Morgan fingerprint density at radius 3 is 2.54 bits per heavy atom. The average Bonchev–Trinajstić information content (AvgIpc) is 2.94. The zero-order valence-corrected chi connectivity index (χ0v) is 14.5. The fourth-order valence-corrected chi connectivity index (χ4v) is 4.06. The number of sulfonamides is 1. The van der Waals surface area contributed by atoms with Crippen LogP contribution in [0.15, 0.2) is 41.7 Å². The zero-order valence-electron chi connectivity index (χ0n) is 13.7. The van der Waals surface area contributed by atoms with Crippen molar-refractivity contribution >= 4 is 16.0 Å². The number of aliphatic carboxylic acids is 1. The molecule has 130 valence electrons. The molecule has 0 aliphatic heterocycles. The summed E-state index contributed by atoms with van der Waals surface area (Å²) in [6.45, 7) is 3.21. The molecule has 0 amide bonds. The Kier molecular flexibility index (Phi) is 5.35. The molecule has 0 radical (unpaired) electrons. The van der Waals surface area contributed by atoms with Crippen LogP contribution in [0.25, 0.3) is 0 Å². The molecule has 1 unspecified atom stereocenters. The summed E-state index contributed by atoms with van der Waals surface area (Å²) in [4.78, 5) is 15.8. The number of rotatable bonds is 7. The zero-order chi connectivity index (χ0) is 17.9. The van der Waals surface area contributed by atoms with Crippen LogP contribution < -0.4 is 0 Å². The lowest BCUT2D eigenvalue weighted by atomic mass is 10.0. The quantitative estimate of drug-likeness (QED) is 0.800. The maximum Gasteiger partial charge on any atom is 0.322 e. The molecule has 0 saturated carbocycles. The van der Waals surface area contributed by atoms with E-state index in [0.29, 0.717) is 5.69 Å². The highest BCUT2D eigenvalue weighted by molar-refractivity contribution is 7.89. The molecule has 1 atom stereocenters. The molecule has 8 nitrogen and oxygen atoms in total. The molecule has 0 bridgehead atoms. The molecular formula is C15H20N4O4S. The first kappa shape index (κ1) is 18.1. The molecule has 2 aromatic heterocycles. The van der Waals surface area contributed by atoms with Gasteiger partial charge in [0.1, 0.15) is 10.9 Å². The summed E-state index contributed by atoms with van der Waals surface area (Å²) in [5.74, 6) is -1.62. The van der Waals surface area contributed by atoms with Crippen LogP contribution >= 0.6 is 0 Å². The Labute approximate surface area is 140 Å². The summed E-state index contributed by atoms with van der Waals surface area (Å²) in [6.07, 6.45) is 4.09. The van der Waals surface area contributed by atoms with Crippen molar-refractivity contribution < 1.29 is 18.3 Å². The molecule has 24 heavy (non-hydrogen) atoms. The highest BCUT2D eigenvalue weighted by atomic mass is 32.2. The van der Waals surface area contributed by atoms with Crippen molar-refractivity contribution in [1.82, 2.24) is 19.1 Å². The van der Waals surface area contributed by atoms with Gasteiger partial charge in [-0.1, -0.05) is 19.9 Å². The number of carboxylic acid groups (broad SMARTS) is 1. The molecule has 0 fully saturated rings. The van der Waals surface area contributed by atoms with Gasteiger partial charge in [0.25, 0.3) is 0 Å². The van der Waals surface area contributed by atoms with Crippen molar-refractivity contribution in [2.75, 3.05) is 0 Å². The van der Waals surface area contributed by atoms with Gasteiger partial charge in [0, 0.05) is 19.4 Å². The average molecular weight is 352 g/mol. The molecule has 0 aliphatic rings. The van der Waals surface area contributed by atoms with Crippen molar-refractivity contribution in [2.24, 2.45) is 13.0 Å². The van der Waals surface area contributed by atoms with Gasteiger partial charge in [-0.05, 0) is 18.1 Å². The van der Waals surface area contributed by atoms with Gasteiger partial charge in [-0.15, -0.1) is 0 Å². The van der Waals surface area contributed by atoms with E-state index in [9.17, 15) is 18.3 Å². The Bertz CT molecular complexity index is 802. The van der Waals surface area contributed by atoms with Gasteiger partial charge in [0.15, 0.2) is 0 Å². The van der Waals surface area contributed by atoms with Gasteiger partial charge in [-0.25, -0.2) is 8.42 Å². The standard InChI is InChI=1S/C15H20N4O4S/c1-11(2)14(15(20)21)19(9-12-6-4-5-7-16-12)24(22,23)13-8-17-18(3)10-13/h4-8,10-11,14H,9H2,1-3H3,(H,20,21). The van der Waals surface area contributed by atoms with Crippen LogP contribution in [0.5, 0.6) is 0 Å². The van der Waals surface area contributed by atoms with E-state index >= 15 is 0 Å². The lowest BCUT2D eigenvalue weighted by Crippen LogP contribution is -2.47. The van der Waals surface area contributed by atoms with E-state index in [1.807, 2.05) is 0 Å². The minimum atomic E-state index is -4.04.